The summed E-state index contributed by atoms with van der Waals surface area (Å²) in [6, 6.07) is 5.72. The Labute approximate surface area is 148 Å². The first-order valence-electron chi connectivity index (χ1n) is 8.06. The summed E-state index contributed by atoms with van der Waals surface area (Å²) in [5.41, 5.74) is 3.33. The van der Waals surface area contributed by atoms with Gasteiger partial charge in [-0.1, -0.05) is 22.5 Å². The van der Waals surface area contributed by atoms with Crippen LogP contribution in [-0.4, -0.2) is 24.6 Å². The van der Waals surface area contributed by atoms with E-state index < -0.39 is 0 Å². The number of oxime groups is 1. The first-order valence-corrected chi connectivity index (χ1v) is 8.06. The Morgan fingerprint density at radius 1 is 1.20 bits per heavy atom. The van der Waals surface area contributed by atoms with Crippen molar-refractivity contribution in [2.24, 2.45) is 5.16 Å². The van der Waals surface area contributed by atoms with Gasteiger partial charge in [-0.2, -0.15) is 0 Å². The molecule has 1 aromatic heterocycles. The summed E-state index contributed by atoms with van der Waals surface area (Å²) in [6.07, 6.45) is 3.93. The summed E-state index contributed by atoms with van der Waals surface area (Å²) < 4.78 is 16.8. The van der Waals surface area contributed by atoms with Crippen LogP contribution in [-0.2, 0) is 11.4 Å². The average Bonchev–Trinajstić information content (AvgIpc) is 3.04. The van der Waals surface area contributed by atoms with Gasteiger partial charge in [0.25, 0.3) is 0 Å². The molecule has 0 amide bonds. The minimum atomic E-state index is 0.310. The van der Waals surface area contributed by atoms with Crippen molar-refractivity contribution in [3.05, 3.63) is 52.9 Å². The number of allylic oxidation sites excluding steroid dienone is 1. The van der Waals surface area contributed by atoms with Crippen molar-refractivity contribution >= 4 is 5.71 Å². The number of aromatic nitrogens is 1. The molecule has 0 atom stereocenters. The van der Waals surface area contributed by atoms with Gasteiger partial charge in [-0.3, -0.25) is 0 Å². The van der Waals surface area contributed by atoms with Crippen LogP contribution in [0.5, 0.6) is 11.5 Å². The second kappa shape index (κ2) is 8.92. The van der Waals surface area contributed by atoms with Crippen molar-refractivity contribution in [2.75, 3.05) is 13.7 Å². The van der Waals surface area contributed by atoms with Gasteiger partial charge in [-0.15, -0.1) is 0 Å². The molecular formula is C19H24N2O4. The predicted octanol–water partition coefficient (Wildman–Crippen LogP) is 4.20. The maximum Gasteiger partial charge on any atom is 0.184 e. The molecule has 0 radical (unpaired) electrons. The van der Waals surface area contributed by atoms with Gasteiger partial charge in [-0.05, 0) is 51.0 Å². The van der Waals surface area contributed by atoms with Crippen molar-refractivity contribution in [2.45, 2.75) is 34.3 Å². The lowest BCUT2D eigenvalue weighted by Gasteiger charge is -2.13. The fraction of sp³-hybridized carbons (Fsp3) is 0.368. The normalized spacial score (nSPS) is 11.8. The van der Waals surface area contributed by atoms with Crippen molar-refractivity contribution in [1.82, 2.24) is 5.16 Å². The highest BCUT2D eigenvalue weighted by atomic mass is 16.6. The smallest absolute Gasteiger partial charge is 0.184 e. The molecule has 1 aromatic carbocycles. The van der Waals surface area contributed by atoms with Gasteiger partial charge in [0.15, 0.2) is 5.76 Å². The molecule has 0 N–H and O–H groups in total. The monoisotopic (exact) mass is 344 g/mol. The minimum Gasteiger partial charge on any atom is -0.490 e. The Hall–Kier alpha value is -2.76. The van der Waals surface area contributed by atoms with Crippen molar-refractivity contribution < 1.29 is 18.8 Å². The van der Waals surface area contributed by atoms with Gasteiger partial charge in [0.05, 0.1) is 0 Å². The van der Waals surface area contributed by atoms with Crippen LogP contribution < -0.4 is 9.47 Å². The Balaban J connectivity index is 2.04. The van der Waals surface area contributed by atoms with Gasteiger partial charge >= 0.3 is 0 Å². The lowest BCUT2D eigenvalue weighted by atomic mass is 10.1. The van der Waals surface area contributed by atoms with E-state index in [-0.39, 0.29) is 0 Å². The molecular weight excluding hydrogens is 320 g/mol. The van der Waals surface area contributed by atoms with Crippen LogP contribution >= 0.6 is 0 Å². The summed E-state index contributed by atoms with van der Waals surface area (Å²) in [5, 5.41) is 7.81. The maximum absolute atomic E-state index is 5.92. The van der Waals surface area contributed by atoms with E-state index in [4.69, 9.17) is 18.8 Å². The average molecular weight is 344 g/mol. The standard InChI is InChI=1S/C19H24N2O4/c1-6-7-8-23-17-9-13(2)19(14(3)10-17)24-12-16-11-18(25-21-16)15(4)20-22-5/h6-7,9-11H,8,12H2,1-5H3/b7-6+,20-15?. The van der Waals surface area contributed by atoms with E-state index in [1.165, 1.54) is 7.11 Å². The molecule has 0 aliphatic heterocycles. The van der Waals surface area contributed by atoms with E-state index in [9.17, 15) is 0 Å². The number of hydrogen-bond donors (Lipinski definition) is 0. The molecule has 0 spiro atoms. The van der Waals surface area contributed by atoms with E-state index >= 15 is 0 Å². The summed E-state index contributed by atoms with van der Waals surface area (Å²) in [4.78, 5) is 4.73. The van der Waals surface area contributed by atoms with Crippen molar-refractivity contribution in [3.63, 3.8) is 0 Å². The second-order valence-corrected chi connectivity index (χ2v) is 5.60. The number of ether oxygens (including phenoxy) is 2. The van der Waals surface area contributed by atoms with E-state index in [2.05, 4.69) is 10.3 Å². The molecule has 0 unspecified atom stereocenters. The minimum absolute atomic E-state index is 0.310. The van der Waals surface area contributed by atoms with E-state index in [1.807, 2.05) is 45.1 Å². The van der Waals surface area contributed by atoms with Gasteiger partial charge in [0.2, 0.25) is 0 Å². The third kappa shape index (κ3) is 5.11. The zero-order valence-corrected chi connectivity index (χ0v) is 15.3. The largest absolute Gasteiger partial charge is 0.490 e. The molecule has 6 heteroatoms. The maximum atomic E-state index is 5.92. The van der Waals surface area contributed by atoms with Crippen LogP contribution in [0.25, 0.3) is 0 Å². The van der Waals surface area contributed by atoms with Gasteiger partial charge in [0.1, 0.15) is 43.2 Å². The van der Waals surface area contributed by atoms with Crippen molar-refractivity contribution in [3.8, 4) is 11.5 Å². The first kappa shape index (κ1) is 18.6. The van der Waals surface area contributed by atoms with E-state index in [1.54, 1.807) is 13.0 Å². The molecule has 0 fully saturated rings. The molecule has 6 nitrogen and oxygen atoms in total. The Kier molecular flexibility index (Phi) is 6.62. The Bertz CT molecular complexity index is 740. The molecule has 2 aromatic rings. The highest BCUT2D eigenvalue weighted by Gasteiger charge is 2.11. The highest BCUT2D eigenvalue weighted by Crippen LogP contribution is 2.29. The zero-order valence-electron chi connectivity index (χ0n) is 15.3. The lowest BCUT2D eigenvalue weighted by Crippen LogP contribution is -2.01. The van der Waals surface area contributed by atoms with E-state index in [0.29, 0.717) is 30.4 Å². The summed E-state index contributed by atoms with van der Waals surface area (Å²) in [7, 11) is 1.49. The number of rotatable bonds is 8. The molecule has 2 rings (SSSR count). The number of aryl methyl sites for hydroxylation is 2. The molecule has 0 saturated carbocycles. The van der Waals surface area contributed by atoms with Crippen LogP contribution in [0.3, 0.4) is 0 Å². The van der Waals surface area contributed by atoms with Crippen LogP contribution in [0.2, 0.25) is 0 Å². The summed E-state index contributed by atoms with van der Waals surface area (Å²) in [6.45, 7) is 8.61. The molecule has 25 heavy (non-hydrogen) atoms. The number of hydrogen-bond acceptors (Lipinski definition) is 6. The van der Waals surface area contributed by atoms with E-state index in [0.717, 1.165) is 22.6 Å². The fourth-order valence-electron chi connectivity index (χ4n) is 2.34. The van der Waals surface area contributed by atoms with Crippen LogP contribution in [0.1, 0.15) is 36.4 Å². The second-order valence-electron chi connectivity index (χ2n) is 5.60. The zero-order chi connectivity index (χ0) is 18.2. The first-order chi connectivity index (χ1) is 12.0. The van der Waals surface area contributed by atoms with Crippen LogP contribution in [0.4, 0.5) is 0 Å². The van der Waals surface area contributed by atoms with Gasteiger partial charge in [-0.25, -0.2) is 0 Å². The van der Waals surface area contributed by atoms with Gasteiger partial charge < -0.3 is 18.8 Å². The van der Waals surface area contributed by atoms with Crippen LogP contribution in [0.15, 0.2) is 40.0 Å². The molecule has 1 heterocycles. The molecule has 0 aliphatic carbocycles. The molecule has 0 aliphatic rings. The Morgan fingerprint density at radius 2 is 1.92 bits per heavy atom. The molecule has 0 saturated heterocycles. The number of benzene rings is 1. The fourth-order valence-corrected chi connectivity index (χ4v) is 2.34. The lowest BCUT2D eigenvalue weighted by molar-refractivity contribution is 0.212. The predicted molar refractivity (Wildman–Crippen MR) is 96.3 cm³/mol. The Morgan fingerprint density at radius 3 is 2.56 bits per heavy atom. The summed E-state index contributed by atoms with van der Waals surface area (Å²) in [5.74, 6) is 2.21. The van der Waals surface area contributed by atoms with Crippen LogP contribution in [0, 0.1) is 13.8 Å². The highest BCUT2D eigenvalue weighted by molar-refractivity contribution is 5.95. The third-order valence-corrected chi connectivity index (χ3v) is 3.52. The molecule has 134 valence electrons. The summed E-state index contributed by atoms with van der Waals surface area (Å²) >= 11 is 0. The van der Waals surface area contributed by atoms with Gasteiger partial charge in [0, 0.05) is 6.07 Å². The quantitative estimate of drug-likeness (QED) is 0.408. The van der Waals surface area contributed by atoms with Crippen molar-refractivity contribution in [1.29, 1.82) is 0 Å². The molecule has 0 bridgehead atoms. The SMILES string of the molecule is C/C=C/COc1cc(C)c(OCc2cc(C(C)=NOC)on2)c(C)c1. The number of nitrogens with zero attached hydrogens (tertiary/aromatic N) is 2. The third-order valence-electron chi connectivity index (χ3n) is 3.52. The topological polar surface area (TPSA) is 66.1 Å².